The molecular formula is C23H34N4O2. The van der Waals surface area contributed by atoms with E-state index in [9.17, 15) is 4.79 Å². The molecule has 0 bridgehead atoms. The lowest BCUT2D eigenvalue weighted by molar-refractivity contribution is -0.131. The molecular weight excluding hydrogens is 364 g/mol. The zero-order chi connectivity index (χ0) is 20.8. The van der Waals surface area contributed by atoms with Crippen LogP contribution in [0.4, 0.5) is 0 Å². The minimum Gasteiger partial charge on any atom is -0.442 e. The lowest BCUT2D eigenvalue weighted by Gasteiger charge is -2.33. The standard InChI is InChI=1S/C23H34N4O2/c1-16(2)19(13-24)12-22(25)29-21-7-3-5-17(11-21)18-6-4-10-27(15-18)23(28)14-26-20-8-9-20/h3,5,7,11-13,16,18,20,26H,4,6,8-10,14-15,24-25H2,1-2H3/b19-13+,22-12+. The lowest BCUT2D eigenvalue weighted by Crippen LogP contribution is -2.43. The highest BCUT2D eigenvalue weighted by Gasteiger charge is 2.27. The van der Waals surface area contributed by atoms with Crippen molar-refractivity contribution in [3.63, 3.8) is 0 Å². The molecule has 1 aliphatic heterocycles. The van der Waals surface area contributed by atoms with E-state index >= 15 is 0 Å². The Morgan fingerprint density at radius 2 is 2.14 bits per heavy atom. The van der Waals surface area contributed by atoms with Crippen LogP contribution < -0.4 is 21.5 Å². The Bertz CT molecular complexity index is 768. The number of piperidine rings is 1. The van der Waals surface area contributed by atoms with Gasteiger partial charge in [0, 0.05) is 31.1 Å². The van der Waals surface area contributed by atoms with Crippen LogP contribution >= 0.6 is 0 Å². The summed E-state index contributed by atoms with van der Waals surface area (Å²) in [6, 6.07) is 8.57. The van der Waals surface area contributed by atoms with Gasteiger partial charge >= 0.3 is 0 Å². The third-order valence-corrected chi connectivity index (χ3v) is 5.63. The van der Waals surface area contributed by atoms with Crippen molar-refractivity contribution in [2.45, 2.75) is 51.5 Å². The van der Waals surface area contributed by atoms with Gasteiger partial charge in [0.25, 0.3) is 0 Å². The molecule has 1 atom stereocenters. The third kappa shape index (κ3) is 6.26. The quantitative estimate of drug-likeness (QED) is 0.462. The molecule has 1 aliphatic carbocycles. The molecule has 2 aliphatic rings. The van der Waals surface area contributed by atoms with Crippen molar-refractivity contribution in [2.75, 3.05) is 19.6 Å². The second-order valence-electron chi connectivity index (χ2n) is 8.38. The molecule has 2 fully saturated rings. The van der Waals surface area contributed by atoms with Gasteiger partial charge in [-0.1, -0.05) is 26.0 Å². The van der Waals surface area contributed by atoms with Crippen molar-refractivity contribution in [3.8, 4) is 5.75 Å². The first-order chi connectivity index (χ1) is 14.0. The Hall–Kier alpha value is -2.47. The van der Waals surface area contributed by atoms with Crippen LogP contribution in [0.5, 0.6) is 5.75 Å². The normalized spacial score (nSPS) is 20.8. The van der Waals surface area contributed by atoms with E-state index in [1.54, 1.807) is 12.3 Å². The first-order valence-corrected chi connectivity index (χ1v) is 10.6. The van der Waals surface area contributed by atoms with Gasteiger partial charge in [-0.3, -0.25) is 4.79 Å². The van der Waals surface area contributed by atoms with Crippen molar-refractivity contribution >= 4 is 5.91 Å². The Morgan fingerprint density at radius 3 is 2.83 bits per heavy atom. The summed E-state index contributed by atoms with van der Waals surface area (Å²) in [5, 5.41) is 3.32. The summed E-state index contributed by atoms with van der Waals surface area (Å²) in [5.41, 5.74) is 13.8. The van der Waals surface area contributed by atoms with Gasteiger partial charge in [-0.05, 0) is 61.1 Å². The SMILES string of the molecule is CC(C)C(=C/N)/C=C(\N)Oc1cccc(C2CCCN(C(=O)CNC3CC3)C2)c1. The molecule has 5 N–H and O–H groups in total. The zero-order valence-corrected chi connectivity index (χ0v) is 17.6. The second-order valence-corrected chi connectivity index (χ2v) is 8.38. The van der Waals surface area contributed by atoms with E-state index in [0.29, 0.717) is 30.1 Å². The van der Waals surface area contributed by atoms with E-state index in [1.807, 2.05) is 23.1 Å². The molecule has 6 nitrogen and oxygen atoms in total. The number of likely N-dealkylation sites (tertiary alicyclic amines) is 1. The fourth-order valence-corrected chi connectivity index (χ4v) is 3.68. The first-order valence-electron chi connectivity index (χ1n) is 10.6. The van der Waals surface area contributed by atoms with E-state index in [-0.39, 0.29) is 11.8 Å². The number of nitrogens with one attached hydrogen (secondary N) is 1. The Kier molecular flexibility index (Phi) is 7.20. The number of carbonyl (C=O) groups excluding carboxylic acids is 1. The van der Waals surface area contributed by atoms with Gasteiger partial charge in [-0.15, -0.1) is 0 Å². The van der Waals surface area contributed by atoms with Crippen molar-refractivity contribution in [2.24, 2.45) is 17.4 Å². The number of rotatable bonds is 8. The molecule has 1 aromatic rings. The molecule has 1 heterocycles. The summed E-state index contributed by atoms with van der Waals surface area (Å²) in [5.74, 6) is 1.82. The molecule has 1 saturated carbocycles. The maximum Gasteiger partial charge on any atom is 0.236 e. The number of ether oxygens (including phenoxy) is 1. The van der Waals surface area contributed by atoms with E-state index in [0.717, 1.165) is 31.5 Å². The molecule has 6 heteroatoms. The highest BCUT2D eigenvalue weighted by Crippen LogP contribution is 2.29. The highest BCUT2D eigenvalue weighted by atomic mass is 16.5. The monoisotopic (exact) mass is 398 g/mol. The molecule has 1 amide bonds. The molecule has 0 spiro atoms. The van der Waals surface area contributed by atoms with Crippen molar-refractivity contribution in [1.29, 1.82) is 0 Å². The van der Waals surface area contributed by atoms with E-state index < -0.39 is 0 Å². The summed E-state index contributed by atoms with van der Waals surface area (Å²) < 4.78 is 5.83. The molecule has 1 aromatic carbocycles. The maximum absolute atomic E-state index is 12.5. The average Bonchev–Trinajstić information content (AvgIpc) is 3.55. The van der Waals surface area contributed by atoms with Crippen molar-refractivity contribution < 1.29 is 9.53 Å². The minimum absolute atomic E-state index is 0.205. The van der Waals surface area contributed by atoms with E-state index in [2.05, 4.69) is 25.2 Å². The van der Waals surface area contributed by atoms with Gasteiger partial charge in [0.15, 0.2) is 5.88 Å². The van der Waals surface area contributed by atoms with Gasteiger partial charge in [0.1, 0.15) is 5.75 Å². The predicted molar refractivity (Wildman–Crippen MR) is 116 cm³/mol. The van der Waals surface area contributed by atoms with Gasteiger partial charge in [0.2, 0.25) is 5.91 Å². The predicted octanol–water partition coefficient (Wildman–Crippen LogP) is 2.82. The molecule has 1 unspecified atom stereocenters. The summed E-state index contributed by atoms with van der Waals surface area (Å²) in [7, 11) is 0. The number of nitrogens with two attached hydrogens (primary N) is 2. The van der Waals surface area contributed by atoms with Crippen LogP contribution in [0, 0.1) is 5.92 Å². The number of allylic oxidation sites excluding steroid dienone is 2. The maximum atomic E-state index is 12.5. The fourth-order valence-electron chi connectivity index (χ4n) is 3.68. The molecule has 29 heavy (non-hydrogen) atoms. The van der Waals surface area contributed by atoms with Crippen LogP contribution in [-0.4, -0.2) is 36.5 Å². The Balaban J connectivity index is 1.62. The summed E-state index contributed by atoms with van der Waals surface area (Å²) >= 11 is 0. The highest BCUT2D eigenvalue weighted by molar-refractivity contribution is 5.78. The number of hydrogen-bond acceptors (Lipinski definition) is 5. The molecule has 158 valence electrons. The zero-order valence-electron chi connectivity index (χ0n) is 17.6. The number of amides is 1. The number of nitrogens with zero attached hydrogens (tertiary/aromatic N) is 1. The van der Waals surface area contributed by atoms with Gasteiger partial charge in [0.05, 0.1) is 6.54 Å². The first kappa shape index (κ1) is 21.2. The number of hydrogen-bond donors (Lipinski definition) is 3. The second kappa shape index (κ2) is 9.83. The topological polar surface area (TPSA) is 93.6 Å². The van der Waals surface area contributed by atoms with Crippen LogP contribution in [0.15, 0.2) is 48.0 Å². The van der Waals surface area contributed by atoms with Gasteiger partial charge in [-0.25, -0.2) is 0 Å². The van der Waals surface area contributed by atoms with E-state index in [4.69, 9.17) is 16.2 Å². The summed E-state index contributed by atoms with van der Waals surface area (Å²) in [4.78, 5) is 14.5. The lowest BCUT2D eigenvalue weighted by atomic mass is 9.90. The number of carbonyl (C=O) groups is 1. The van der Waals surface area contributed by atoms with Gasteiger partial charge in [-0.2, -0.15) is 0 Å². The smallest absolute Gasteiger partial charge is 0.236 e. The molecule has 1 saturated heterocycles. The average molecular weight is 399 g/mol. The number of benzene rings is 1. The summed E-state index contributed by atoms with van der Waals surface area (Å²) in [6.07, 6.45) is 7.81. The van der Waals surface area contributed by atoms with Gasteiger partial charge < -0.3 is 26.4 Å². The van der Waals surface area contributed by atoms with Crippen LogP contribution in [0.2, 0.25) is 0 Å². The van der Waals surface area contributed by atoms with Crippen molar-refractivity contribution in [3.05, 3.63) is 53.6 Å². The van der Waals surface area contributed by atoms with E-state index in [1.165, 1.54) is 18.4 Å². The molecule has 0 aromatic heterocycles. The summed E-state index contributed by atoms with van der Waals surface area (Å²) in [6.45, 7) is 6.16. The van der Waals surface area contributed by atoms with Crippen LogP contribution in [0.1, 0.15) is 51.0 Å². The van der Waals surface area contributed by atoms with Crippen LogP contribution in [-0.2, 0) is 4.79 Å². The van der Waals surface area contributed by atoms with Crippen LogP contribution in [0.3, 0.4) is 0 Å². The fraction of sp³-hybridized carbons (Fsp3) is 0.522. The third-order valence-electron chi connectivity index (χ3n) is 5.63. The van der Waals surface area contributed by atoms with Crippen molar-refractivity contribution in [1.82, 2.24) is 10.2 Å². The Morgan fingerprint density at radius 1 is 1.34 bits per heavy atom. The molecule has 3 rings (SSSR count). The Labute approximate surface area is 174 Å². The minimum atomic E-state index is 0.205. The largest absolute Gasteiger partial charge is 0.442 e. The molecule has 0 radical (unpaired) electrons. The van der Waals surface area contributed by atoms with Crippen LogP contribution in [0.25, 0.3) is 0 Å².